The van der Waals surface area contributed by atoms with Gasteiger partial charge in [0.25, 0.3) is 0 Å². The van der Waals surface area contributed by atoms with E-state index in [4.69, 9.17) is 9.15 Å². The van der Waals surface area contributed by atoms with Crippen LogP contribution in [0.4, 0.5) is 0 Å². The van der Waals surface area contributed by atoms with E-state index >= 15 is 0 Å². The predicted octanol–water partition coefficient (Wildman–Crippen LogP) is 2.04. The molecule has 1 aliphatic rings. The second-order valence-electron chi connectivity index (χ2n) is 4.13. The van der Waals surface area contributed by atoms with Crippen LogP contribution >= 0.6 is 0 Å². The van der Waals surface area contributed by atoms with Crippen molar-refractivity contribution < 1.29 is 9.15 Å². The molecule has 4 heteroatoms. The molecule has 17 heavy (non-hydrogen) atoms. The molecule has 2 heterocycles. The average molecular weight is 230 g/mol. The summed E-state index contributed by atoms with van der Waals surface area (Å²) < 4.78 is 10.8. The number of para-hydroxylation sites is 1. The van der Waals surface area contributed by atoms with Gasteiger partial charge in [-0.05, 0) is 12.1 Å². The summed E-state index contributed by atoms with van der Waals surface area (Å²) in [5, 5.41) is 3.21. The molecule has 0 atom stereocenters. The molecular formula is C13H14N2O2. The highest BCUT2D eigenvalue weighted by Gasteiger charge is 2.24. The van der Waals surface area contributed by atoms with Crippen LogP contribution in [0.3, 0.4) is 0 Å². The quantitative estimate of drug-likeness (QED) is 0.876. The van der Waals surface area contributed by atoms with Crippen molar-refractivity contribution in [3.8, 4) is 17.0 Å². The van der Waals surface area contributed by atoms with Crippen LogP contribution in [0.25, 0.3) is 11.3 Å². The molecule has 4 nitrogen and oxygen atoms in total. The molecule has 1 aromatic carbocycles. The lowest BCUT2D eigenvalue weighted by molar-refractivity contribution is 0.357. The first-order valence-electron chi connectivity index (χ1n) is 5.68. The molecule has 2 aromatic rings. The average Bonchev–Trinajstić information content (AvgIpc) is 2.76. The maximum Gasteiger partial charge on any atom is 0.200 e. The molecule has 0 unspecified atom stereocenters. The van der Waals surface area contributed by atoms with Gasteiger partial charge in [0.2, 0.25) is 0 Å². The highest BCUT2D eigenvalue weighted by molar-refractivity contribution is 5.66. The Morgan fingerprint density at radius 2 is 2.18 bits per heavy atom. The lowest BCUT2D eigenvalue weighted by Gasteiger charge is -2.23. The summed E-state index contributed by atoms with van der Waals surface area (Å²) >= 11 is 0. The van der Waals surface area contributed by atoms with E-state index in [0.29, 0.717) is 5.92 Å². The Bertz CT molecular complexity index is 518. The maximum absolute atomic E-state index is 5.52. The molecule has 0 amide bonds. The second kappa shape index (κ2) is 4.22. The lowest BCUT2D eigenvalue weighted by Crippen LogP contribution is -2.40. The Balaban J connectivity index is 1.94. The third-order valence-electron chi connectivity index (χ3n) is 3.04. The van der Waals surface area contributed by atoms with Gasteiger partial charge in [-0.1, -0.05) is 12.1 Å². The molecule has 0 radical (unpaired) electrons. The van der Waals surface area contributed by atoms with E-state index in [1.165, 1.54) is 0 Å². The number of hydrogen-bond donors (Lipinski definition) is 1. The minimum Gasteiger partial charge on any atom is -0.496 e. The highest BCUT2D eigenvalue weighted by atomic mass is 16.5. The first-order valence-corrected chi connectivity index (χ1v) is 5.68. The summed E-state index contributed by atoms with van der Waals surface area (Å²) in [6.45, 7) is 1.90. The lowest BCUT2D eigenvalue weighted by atomic mass is 10.0. The molecule has 1 saturated heterocycles. The predicted molar refractivity (Wildman–Crippen MR) is 64.1 cm³/mol. The number of nitrogens with one attached hydrogen (secondary N) is 1. The number of oxazole rings is 1. The van der Waals surface area contributed by atoms with Crippen LogP contribution in [0.5, 0.6) is 5.75 Å². The summed E-state index contributed by atoms with van der Waals surface area (Å²) in [5.41, 5.74) is 1.81. The monoisotopic (exact) mass is 230 g/mol. The van der Waals surface area contributed by atoms with Gasteiger partial charge in [0.1, 0.15) is 17.7 Å². The first kappa shape index (κ1) is 10.4. The summed E-state index contributed by atoms with van der Waals surface area (Å²) in [6, 6.07) is 7.82. The van der Waals surface area contributed by atoms with Gasteiger partial charge in [0, 0.05) is 18.7 Å². The van der Waals surface area contributed by atoms with Gasteiger partial charge in [0.05, 0.1) is 13.0 Å². The summed E-state index contributed by atoms with van der Waals surface area (Å²) in [4.78, 5) is 4.52. The fraction of sp³-hybridized carbons (Fsp3) is 0.308. The number of methoxy groups -OCH3 is 1. The zero-order valence-electron chi connectivity index (χ0n) is 9.64. The fourth-order valence-electron chi connectivity index (χ4n) is 1.92. The standard InChI is InChI=1S/C13H14N2O2/c1-16-12-5-3-2-4-10(12)11-8-17-13(15-11)9-6-14-7-9/h2-5,8-9,14H,6-7H2,1H3. The second-order valence-corrected chi connectivity index (χ2v) is 4.13. The van der Waals surface area contributed by atoms with Crippen LogP contribution in [0, 0.1) is 0 Å². The number of benzene rings is 1. The molecule has 88 valence electrons. The Labute approximate surface area is 99.6 Å². The normalized spacial score (nSPS) is 15.6. The van der Waals surface area contributed by atoms with E-state index in [1.807, 2.05) is 24.3 Å². The number of aromatic nitrogens is 1. The van der Waals surface area contributed by atoms with E-state index in [1.54, 1.807) is 13.4 Å². The minimum absolute atomic E-state index is 0.415. The van der Waals surface area contributed by atoms with Gasteiger partial charge in [-0.25, -0.2) is 4.98 Å². The third-order valence-corrected chi connectivity index (χ3v) is 3.04. The van der Waals surface area contributed by atoms with Gasteiger partial charge in [0.15, 0.2) is 5.89 Å². The first-order chi connectivity index (χ1) is 8.38. The summed E-state index contributed by atoms with van der Waals surface area (Å²) in [6.07, 6.45) is 1.70. The largest absolute Gasteiger partial charge is 0.496 e. The molecule has 1 N–H and O–H groups in total. The van der Waals surface area contributed by atoms with E-state index in [-0.39, 0.29) is 0 Å². The molecule has 1 aliphatic heterocycles. The van der Waals surface area contributed by atoms with E-state index in [2.05, 4.69) is 10.3 Å². The van der Waals surface area contributed by atoms with Crippen LogP contribution in [-0.2, 0) is 0 Å². The van der Waals surface area contributed by atoms with Gasteiger partial charge < -0.3 is 14.5 Å². The Morgan fingerprint density at radius 1 is 1.35 bits per heavy atom. The Hall–Kier alpha value is -1.81. The summed E-state index contributed by atoms with van der Waals surface area (Å²) in [7, 11) is 1.66. The van der Waals surface area contributed by atoms with E-state index in [9.17, 15) is 0 Å². The van der Waals surface area contributed by atoms with Crippen LogP contribution in [0.15, 0.2) is 34.9 Å². The highest BCUT2D eigenvalue weighted by Crippen LogP contribution is 2.30. The number of rotatable bonds is 3. The van der Waals surface area contributed by atoms with Crippen molar-refractivity contribution in [1.82, 2.24) is 10.3 Å². The van der Waals surface area contributed by atoms with Crippen molar-refractivity contribution in [2.75, 3.05) is 20.2 Å². The molecular weight excluding hydrogens is 216 g/mol. The van der Waals surface area contributed by atoms with Crippen LogP contribution < -0.4 is 10.1 Å². The fourth-order valence-corrected chi connectivity index (χ4v) is 1.92. The van der Waals surface area contributed by atoms with Crippen molar-refractivity contribution in [2.45, 2.75) is 5.92 Å². The van der Waals surface area contributed by atoms with Gasteiger partial charge in [-0.2, -0.15) is 0 Å². The van der Waals surface area contributed by atoms with Gasteiger partial charge >= 0.3 is 0 Å². The van der Waals surface area contributed by atoms with Crippen molar-refractivity contribution in [2.24, 2.45) is 0 Å². The SMILES string of the molecule is COc1ccccc1-c1coc(C2CNC2)n1. The molecule has 0 spiro atoms. The van der Waals surface area contributed by atoms with Gasteiger partial charge in [-0.3, -0.25) is 0 Å². The third kappa shape index (κ3) is 1.80. The Kier molecular flexibility index (Phi) is 2.57. The number of ether oxygens (including phenoxy) is 1. The molecule has 1 aromatic heterocycles. The maximum atomic E-state index is 5.52. The Morgan fingerprint density at radius 3 is 2.88 bits per heavy atom. The molecule has 1 fully saturated rings. The topological polar surface area (TPSA) is 47.3 Å². The van der Waals surface area contributed by atoms with E-state index in [0.717, 1.165) is 36.0 Å². The molecule has 0 bridgehead atoms. The smallest absolute Gasteiger partial charge is 0.200 e. The minimum atomic E-state index is 0.415. The van der Waals surface area contributed by atoms with E-state index < -0.39 is 0 Å². The molecule has 0 aliphatic carbocycles. The number of hydrogen-bond acceptors (Lipinski definition) is 4. The van der Waals surface area contributed by atoms with Crippen molar-refractivity contribution in [3.05, 3.63) is 36.4 Å². The van der Waals surface area contributed by atoms with Crippen molar-refractivity contribution in [3.63, 3.8) is 0 Å². The van der Waals surface area contributed by atoms with Crippen LogP contribution in [-0.4, -0.2) is 25.2 Å². The van der Waals surface area contributed by atoms with Crippen molar-refractivity contribution >= 4 is 0 Å². The molecule has 3 rings (SSSR count). The zero-order valence-corrected chi connectivity index (χ0v) is 9.64. The van der Waals surface area contributed by atoms with Gasteiger partial charge in [-0.15, -0.1) is 0 Å². The molecule has 0 saturated carbocycles. The number of nitrogens with zero attached hydrogens (tertiary/aromatic N) is 1. The van der Waals surface area contributed by atoms with Crippen molar-refractivity contribution in [1.29, 1.82) is 0 Å². The zero-order chi connectivity index (χ0) is 11.7. The van der Waals surface area contributed by atoms with Crippen LogP contribution in [0.2, 0.25) is 0 Å². The van der Waals surface area contributed by atoms with Crippen LogP contribution in [0.1, 0.15) is 11.8 Å². The summed E-state index contributed by atoms with van der Waals surface area (Å²) in [5.74, 6) is 2.04.